The number of methoxy groups -OCH3 is 2. The quantitative estimate of drug-likeness (QED) is 0.130. The van der Waals surface area contributed by atoms with E-state index >= 15 is 0 Å². The number of allylic oxidation sites excluding steroid dienone is 1. The number of amides is 1. The van der Waals surface area contributed by atoms with Crippen LogP contribution in [0.5, 0.6) is 11.5 Å². The standard InChI is InChI=1S/C23H36N4O3/c1-18(2)13-16-27-23(24)26-15-8-6-5-7-14-25-22(28)12-10-19-9-11-20(29-3)21(17-19)30-4/h9-13,17H,5-8,14-16H2,1-4H3,(H,25,28)(H3,24,26,27)/b12-10+. The van der Waals surface area contributed by atoms with E-state index in [0.29, 0.717) is 30.5 Å². The molecule has 0 unspecified atom stereocenters. The van der Waals surface area contributed by atoms with Crippen LogP contribution in [0.25, 0.3) is 6.08 Å². The fourth-order valence-corrected chi connectivity index (χ4v) is 2.64. The van der Waals surface area contributed by atoms with Gasteiger partial charge in [0.1, 0.15) is 0 Å². The van der Waals surface area contributed by atoms with Crippen molar-refractivity contribution in [1.29, 1.82) is 5.41 Å². The van der Waals surface area contributed by atoms with Crippen LogP contribution in [0.3, 0.4) is 0 Å². The summed E-state index contributed by atoms with van der Waals surface area (Å²) in [5.74, 6) is 1.54. The number of nitrogens with one attached hydrogen (secondary N) is 4. The summed E-state index contributed by atoms with van der Waals surface area (Å²) in [5, 5.41) is 16.7. The van der Waals surface area contributed by atoms with Gasteiger partial charge in [-0.3, -0.25) is 10.2 Å². The molecule has 0 bridgehead atoms. The number of benzene rings is 1. The molecule has 166 valence electrons. The topological polar surface area (TPSA) is 95.5 Å². The van der Waals surface area contributed by atoms with E-state index in [1.807, 2.05) is 38.1 Å². The molecular formula is C23H36N4O3. The zero-order chi connectivity index (χ0) is 22.2. The number of guanidine groups is 1. The molecule has 7 heteroatoms. The molecule has 1 rings (SSSR count). The first-order valence-electron chi connectivity index (χ1n) is 10.3. The second kappa shape index (κ2) is 15.0. The largest absolute Gasteiger partial charge is 0.493 e. The molecule has 1 aromatic rings. The van der Waals surface area contributed by atoms with Crippen molar-refractivity contribution >= 4 is 17.9 Å². The summed E-state index contributed by atoms with van der Waals surface area (Å²) in [5.41, 5.74) is 2.11. The summed E-state index contributed by atoms with van der Waals surface area (Å²) >= 11 is 0. The zero-order valence-corrected chi connectivity index (χ0v) is 18.6. The van der Waals surface area contributed by atoms with Gasteiger partial charge in [0.25, 0.3) is 0 Å². The predicted octanol–water partition coefficient (Wildman–Crippen LogP) is 3.47. The highest BCUT2D eigenvalue weighted by molar-refractivity contribution is 5.91. The average molecular weight is 417 g/mol. The van der Waals surface area contributed by atoms with Gasteiger partial charge in [0, 0.05) is 25.7 Å². The summed E-state index contributed by atoms with van der Waals surface area (Å²) in [7, 11) is 3.17. The van der Waals surface area contributed by atoms with Crippen molar-refractivity contribution in [2.75, 3.05) is 33.9 Å². The second-order valence-electron chi connectivity index (χ2n) is 7.12. The van der Waals surface area contributed by atoms with Crippen LogP contribution in [-0.2, 0) is 4.79 Å². The smallest absolute Gasteiger partial charge is 0.243 e. The maximum Gasteiger partial charge on any atom is 0.243 e. The molecule has 0 saturated heterocycles. The van der Waals surface area contributed by atoms with Gasteiger partial charge in [0.2, 0.25) is 5.91 Å². The molecule has 0 aliphatic carbocycles. The fourth-order valence-electron chi connectivity index (χ4n) is 2.64. The number of carbonyl (C=O) groups excluding carboxylic acids is 1. The van der Waals surface area contributed by atoms with Crippen LogP contribution in [0.4, 0.5) is 0 Å². The third kappa shape index (κ3) is 11.1. The van der Waals surface area contributed by atoms with Crippen molar-refractivity contribution in [2.45, 2.75) is 39.5 Å². The summed E-state index contributed by atoms with van der Waals surface area (Å²) < 4.78 is 10.5. The lowest BCUT2D eigenvalue weighted by Gasteiger charge is -2.09. The molecule has 0 spiro atoms. The molecule has 0 heterocycles. The van der Waals surface area contributed by atoms with Crippen LogP contribution in [0.2, 0.25) is 0 Å². The molecule has 4 N–H and O–H groups in total. The van der Waals surface area contributed by atoms with E-state index in [0.717, 1.165) is 37.8 Å². The van der Waals surface area contributed by atoms with Crippen molar-refractivity contribution in [3.05, 3.63) is 41.5 Å². The van der Waals surface area contributed by atoms with Crippen LogP contribution in [-0.4, -0.2) is 45.7 Å². The normalized spacial score (nSPS) is 10.4. The van der Waals surface area contributed by atoms with E-state index in [2.05, 4.69) is 16.0 Å². The number of unbranched alkanes of at least 4 members (excludes halogenated alkanes) is 3. The van der Waals surface area contributed by atoms with Crippen molar-refractivity contribution < 1.29 is 14.3 Å². The highest BCUT2D eigenvalue weighted by Gasteiger charge is 2.03. The zero-order valence-electron chi connectivity index (χ0n) is 18.6. The van der Waals surface area contributed by atoms with Crippen LogP contribution in [0.15, 0.2) is 35.9 Å². The first-order valence-corrected chi connectivity index (χ1v) is 10.3. The van der Waals surface area contributed by atoms with Crippen LogP contribution >= 0.6 is 0 Å². The SMILES string of the molecule is COc1ccc(/C=C/C(=O)NCCCCCCNC(=N)NCC=C(C)C)cc1OC. The van der Waals surface area contributed by atoms with E-state index in [1.165, 1.54) is 11.6 Å². The highest BCUT2D eigenvalue weighted by atomic mass is 16.5. The van der Waals surface area contributed by atoms with Gasteiger partial charge >= 0.3 is 0 Å². The number of hydrogen-bond acceptors (Lipinski definition) is 4. The molecule has 1 aromatic carbocycles. The lowest BCUT2D eigenvalue weighted by atomic mass is 10.2. The Hall–Kier alpha value is -2.96. The minimum atomic E-state index is -0.109. The van der Waals surface area contributed by atoms with Crippen molar-refractivity contribution in [3.8, 4) is 11.5 Å². The fraction of sp³-hybridized carbons (Fsp3) is 0.478. The molecule has 0 fully saturated rings. The molecule has 0 saturated carbocycles. The lowest BCUT2D eigenvalue weighted by molar-refractivity contribution is -0.116. The predicted molar refractivity (Wildman–Crippen MR) is 123 cm³/mol. The van der Waals surface area contributed by atoms with Crippen LogP contribution < -0.4 is 25.4 Å². The third-order valence-corrected chi connectivity index (χ3v) is 4.33. The van der Waals surface area contributed by atoms with Crippen LogP contribution in [0.1, 0.15) is 45.1 Å². The molecule has 0 aliphatic rings. The molecule has 0 aromatic heterocycles. The Morgan fingerprint density at radius 3 is 2.27 bits per heavy atom. The van der Waals surface area contributed by atoms with Gasteiger partial charge in [-0.2, -0.15) is 0 Å². The summed E-state index contributed by atoms with van der Waals surface area (Å²) in [6.45, 7) is 6.18. The van der Waals surface area contributed by atoms with Crippen molar-refractivity contribution in [2.24, 2.45) is 0 Å². The van der Waals surface area contributed by atoms with Gasteiger partial charge in [-0.25, -0.2) is 0 Å². The maximum atomic E-state index is 11.9. The van der Waals surface area contributed by atoms with Crippen LogP contribution in [0, 0.1) is 5.41 Å². The van der Waals surface area contributed by atoms with Gasteiger partial charge in [0.05, 0.1) is 14.2 Å². The Balaban J connectivity index is 2.11. The summed E-state index contributed by atoms with van der Waals surface area (Å²) in [6.07, 6.45) is 9.37. The van der Waals surface area contributed by atoms with E-state index < -0.39 is 0 Å². The van der Waals surface area contributed by atoms with E-state index in [1.54, 1.807) is 20.3 Å². The molecule has 0 aliphatic heterocycles. The van der Waals surface area contributed by atoms with E-state index in [9.17, 15) is 4.79 Å². The average Bonchev–Trinajstić information content (AvgIpc) is 2.73. The molecule has 7 nitrogen and oxygen atoms in total. The number of ether oxygens (including phenoxy) is 2. The first kappa shape index (κ1) is 25.1. The Labute approximate surface area is 180 Å². The molecular weight excluding hydrogens is 380 g/mol. The van der Waals surface area contributed by atoms with Gasteiger partial charge in [0.15, 0.2) is 17.5 Å². The minimum absolute atomic E-state index is 0.109. The van der Waals surface area contributed by atoms with Gasteiger partial charge in [-0.05, 0) is 50.5 Å². The molecule has 30 heavy (non-hydrogen) atoms. The monoisotopic (exact) mass is 416 g/mol. The molecule has 1 amide bonds. The minimum Gasteiger partial charge on any atom is -0.493 e. The maximum absolute atomic E-state index is 11.9. The van der Waals surface area contributed by atoms with Gasteiger partial charge in [-0.1, -0.05) is 30.6 Å². The number of rotatable bonds is 13. The third-order valence-electron chi connectivity index (χ3n) is 4.33. The highest BCUT2D eigenvalue weighted by Crippen LogP contribution is 2.27. The Morgan fingerprint density at radius 1 is 0.967 bits per heavy atom. The van der Waals surface area contributed by atoms with E-state index in [-0.39, 0.29) is 5.91 Å². The Morgan fingerprint density at radius 2 is 1.63 bits per heavy atom. The summed E-state index contributed by atoms with van der Waals surface area (Å²) in [4.78, 5) is 11.9. The number of carbonyl (C=O) groups is 1. The van der Waals surface area contributed by atoms with Crippen molar-refractivity contribution in [3.63, 3.8) is 0 Å². The van der Waals surface area contributed by atoms with Gasteiger partial charge in [-0.15, -0.1) is 0 Å². The molecule has 0 radical (unpaired) electrons. The summed E-state index contributed by atoms with van der Waals surface area (Å²) in [6, 6.07) is 5.51. The Kier molecular flexibility index (Phi) is 12.5. The van der Waals surface area contributed by atoms with Crippen molar-refractivity contribution in [1.82, 2.24) is 16.0 Å². The second-order valence-corrected chi connectivity index (χ2v) is 7.12. The van der Waals surface area contributed by atoms with Gasteiger partial charge < -0.3 is 25.4 Å². The number of hydrogen-bond donors (Lipinski definition) is 4. The van der Waals surface area contributed by atoms with E-state index in [4.69, 9.17) is 14.9 Å². The first-order chi connectivity index (χ1) is 14.5. The molecule has 0 atom stereocenters. The lowest BCUT2D eigenvalue weighted by Crippen LogP contribution is -2.36. The Bertz CT molecular complexity index is 725.